The van der Waals surface area contributed by atoms with E-state index in [2.05, 4.69) is 35.8 Å². The van der Waals surface area contributed by atoms with Crippen molar-refractivity contribution in [1.82, 2.24) is 14.8 Å². The number of anilines is 2. The Bertz CT molecular complexity index is 1470. The molecule has 0 aliphatic carbocycles. The zero-order valence-electron chi connectivity index (χ0n) is 19.6. The number of carbonyl (C=O) groups is 1. The second-order valence-electron chi connectivity index (χ2n) is 8.52. The Balaban J connectivity index is 1.48. The van der Waals surface area contributed by atoms with Crippen LogP contribution < -0.4 is 10.6 Å². The van der Waals surface area contributed by atoms with Gasteiger partial charge >= 0.3 is 0 Å². The smallest absolute Gasteiger partial charge is 0.255 e. The number of halogens is 2. The number of hydrogen-bond donors (Lipinski definition) is 2. The van der Waals surface area contributed by atoms with Crippen molar-refractivity contribution < 1.29 is 4.79 Å². The standard InChI is InChI=1S/C27H23Cl2N5OS/c1-16-5-3-6-18(13-16)15-36-27-32-26-30-17(2)23(25(35)31-22-11-9-20(28)10-12-22)24(34(26)33-27)19-7-4-8-21(29)14-19/h3-14,24H,15H2,1-2H3,(H,31,35)(H,30,32,33)/t24-/m0/s1. The fraction of sp³-hybridized carbons (Fsp3) is 0.148. The SMILES string of the molecule is CC1=C(C(=O)Nc2ccc(Cl)cc2)[C@H](c2cccc(Cl)c2)n2nc(SCc3cccc(C)c3)nc2N1. The molecule has 2 N–H and O–H groups in total. The highest BCUT2D eigenvalue weighted by Gasteiger charge is 2.34. The van der Waals surface area contributed by atoms with Crippen molar-refractivity contribution in [2.75, 3.05) is 10.6 Å². The van der Waals surface area contributed by atoms with Crippen LogP contribution in [-0.4, -0.2) is 20.7 Å². The molecule has 6 nitrogen and oxygen atoms in total. The molecule has 1 aliphatic heterocycles. The largest absolute Gasteiger partial charge is 0.328 e. The summed E-state index contributed by atoms with van der Waals surface area (Å²) in [6.45, 7) is 3.94. The average Bonchev–Trinajstić information content (AvgIpc) is 3.25. The van der Waals surface area contributed by atoms with E-state index in [1.807, 2.05) is 37.3 Å². The van der Waals surface area contributed by atoms with E-state index < -0.39 is 6.04 Å². The van der Waals surface area contributed by atoms with E-state index >= 15 is 0 Å². The number of carbonyl (C=O) groups excluding carboxylic acids is 1. The molecule has 5 rings (SSSR count). The van der Waals surface area contributed by atoms with E-state index in [0.717, 1.165) is 11.3 Å². The minimum atomic E-state index is -0.506. The molecule has 0 saturated heterocycles. The summed E-state index contributed by atoms with van der Waals surface area (Å²) in [6.07, 6.45) is 0. The summed E-state index contributed by atoms with van der Waals surface area (Å²) >= 11 is 13.9. The van der Waals surface area contributed by atoms with Gasteiger partial charge in [0.15, 0.2) is 0 Å². The van der Waals surface area contributed by atoms with Crippen molar-refractivity contribution in [3.05, 3.63) is 111 Å². The lowest BCUT2D eigenvalue weighted by atomic mass is 9.95. The number of aromatic nitrogens is 3. The predicted molar refractivity (Wildman–Crippen MR) is 147 cm³/mol. The number of amides is 1. The molecule has 0 spiro atoms. The first-order chi connectivity index (χ1) is 17.4. The maximum Gasteiger partial charge on any atom is 0.255 e. The van der Waals surface area contributed by atoms with Crippen molar-refractivity contribution >= 4 is 52.5 Å². The molecule has 3 aromatic carbocycles. The van der Waals surface area contributed by atoms with E-state index in [1.165, 1.54) is 11.1 Å². The number of nitrogens with one attached hydrogen (secondary N) is 2. The summed E-state index contributed by atoms with van der Waals surface area (Å²) in [5, 5.41) is 12.8. The molecule has 182 valence electrons. The highest BCUT2D eigenvalue weighted by atomic mass is 35.5. The molecular formula is C27H23Cl2N5OS. The fourth-order valence-electron chi connectivity index (χ4n) is 4.15. The van der Waals surface area contributed by atoms with Crippen LogP contribution in [0.2, 0.25) is 10.0 Å². The molecule has 36 heavy (non-hydrogen) atoms. The summed E-state index contributed by atoms with van der Waals surface area (Å²) in [4.78, 5) is 18.3. The van der Waals surface area contributed by atoms with Gasteiger partial charge in [0.25, 0.3) is 5.91 Å². The molecule has 0 saturated carbocycles. The molecule has 9 heteroatoms. The maximum atomic E-state index is 13.5. The number of allylic oxidation sites excluding steroid dienone is 1. The van der Waals surface area contributed by atoms with Gasteiger partial charge in [0.2, 0.25) is 11.1 Å². The quantitative estimate of drug-likeness (QED) is 0.257. The Morgan fingerprint density at radius 2 is 1.81 bits per heavy atom. The Kier molecular flexibility index (Phi) is 7.05. The van der Waals surface area contributed by atoms with Gasteiger partial charge in [0.1, 0.15) is 6.04 Å². The van der Waals surface area contributed by atoms with Crippen LogP contribution in [-0.2, 0) is 10.5 Å². The lowest BCUT2D eigenvalue weighted by molar-refractivity contribution is -0.113. The first-order valence-corrected chi connectivity index (χ1v) is 13.1. The Labute approximate surface area is 223 Å². The number of fused-ring (bicyclic) bond motifs is 1. The first-order valence-electron chi connectivity index (χ1n) is 11.3. The van der Waals surface area contributed by atoms with Gasteiger partial charge in [-0.3, -0.25) is 4.79 Å². The zero-order chi connectivity index (χ0) is 25.2. The molecule has 1 aromatic heterocycles. The minimum Gasteiger partial charge on any atom is -0.328 e. The van der Waals surface area contributed by atoms with Crippen LogP contribution in [0.15, 0.2) is 89.2 Å². The van der Waals surface area contributed by atoms with Crippen LogP contribution >= 0.6 is 35.0 Å². The van der Waals surface area contributed by atoms with Crippen molar-refractivity contribution in [1.29, 1.82) is 0 Å². The third-order valence-electron chi connectivity index (χ3n) is 5.79. The van der Waals surface area contributed by atoms with Crippen LogP contribution in [0.1, 0.15) is 29.7 Å². The molecule has 2 heterocycles. The van der Waals surface area contributed by atoms with Crippen molar-refractivity contribution in [3.8, 4) is 0 Å². The molecule has 0 fully saturated rings. The average molecular weight is 536 g/mol. The topological polar surface area (TPSA) is 71.8 Å². The second kappa shape index (κ2) is 10.4. The number of aryl methyl sites for hydroxylation is 1. The zero-order valence-corrected chi connectivity index (χ0v) is 22.0. The van der Waals surface area contributed by atoms with E-state index in [9.17, 15) is 4.79 Å². The number of benzene rings is 3. The lowest BCUT2D eigenvalue weighted by Gasteiger charge is -2.28. The molecule has 1 atom stereocenters. The number of hydrogen-bond acceptors (Lipinski definition) is 5. The van der Waals surface area contributed by atoms with Gasteiger partial charge in [-0.15, -0.1) is 5.10 Å². The summed E-state index contributed by atoms with van der Waals surface area (Å²) < 4.78 is 1.76. The first kappa shape index (κ1) is 24.4. The molecule has 1 amide bonds. The molecule has 1 aliphatic rings. The second-order valence-corrected chi connectivity index (χ2v) is 10.3. The Morgan fingerprint density at radius 3 is 2.56 bits per heavy atom. The summed E-state index contributed by atoms with van der Waals surface area (Å²) in [7, 11) is 0. The van der Waals surface area contributed by atoms with Gasteiger partial charge in [-0.2, -0.15) is 4.98 Å². The van der Waals surface area contributed by atoms with Crippen molar-refractivity contribution in [2.24, 2.45) is 0 Å². The number of thioether (sulfide) groups is 1. The third kappa shape index (κ3) is 5.28. The maximum absolute atomic E-state index is 13.5. The van der Waals surface area contributed by atoms with Gasteiger partial charge in [-0.25, -0.2) is 4.68 Å². The minimum absolute atomic E-state index is 0.248. The Morgan fingerprint density at radius 1 is 1.03 bits per heavy atom. The van der Waals surface area contributed by atoms with Crippen LogP contribution in [0.4, 0.5) is 11.6 Å². The molecule has 4 aromatic rings. The summed E-state index contributed by atoms with van der Waals surface area (Å²) in [6, 6.07) is 22.3. The predicted octanol–water partition coefficient (Wildman–Crippen LogP) is 7.11. The van der Waals surface area contributed by atoms with Crippen LogP contribution in [0, 0.1) is 6.92 Å². The highest BCUT2D eigenvalue weighted by Crippen LogP contribution is 2.37. The monoisotopic (exact) mass is 535 g/mol. The number of nitrogens with zero attached hydrogens (tertiary/aromatic N) is 3. The van der Waals surface area contributed by atoms with Crippen LogP contribution in [0.5, 0.6) is 0 Å². The van der Waals surface area contributed by atoms with Gasteiger partial charge in [0, 0.05) is 27.2 Å². The summed E-state index contributed by atoms with van der Waals surface area (Å²) in [5.74, 6) is 1.07. The van der Waals surface area contributed by atoms with Crippen molar-refractivity contribution in [3.63, 3.8) is 0 Å². The molecule has 0 radical (unpaired) electrons. The van der Waals surface area contributed by atoms with Gasteiger partial charge in [-0.1, -0.05) is 76.9 Å². The van der Waals surface area contributed by atoms with E-state index in [0.29, 0.717) is 38.1 Å². The lowest BCUT2D eigenvalue weighted by Crippen LogP contribution is -2.31. The number of rotatable bonds is 6. The highest BCUT2D eigenvalue weighted by molar-refractivity contribution is 7.98. The van der Waals surface area contributed by atoms with E-state index in [-0.39, 0.29) is 5.91 Å². The molecule has 0 unspecified atom stereocenters. The molecule has 0 bridgehead atoms. The van der Waals surface area contributed by atoms with Gasteiger partial charge in [0.05, 0.1) is 5.57 Å². The van der Waals surface area contributed by atoms with Gasteiger partial charge < -0.3 is 10.6 Å². The van der Waals surface area contributed by atoms with E-state index in [1.54, 1.807) is 40.7 Å². The summed E-state index contributed by atoms with van der Waals surface area (Å²) in [5.41, 5.74) is 5.12. The third-order valence-corrected chi connectivity index (χ3v) is 7.19. The van der Waals surface area contributed by atoms with Crippen molar-refractivity contribution in [2.45, 2.75) is 30.8 Å². The van der Waals surface area contributed by atoms with Crippen LogP contribution in [0.3, 0.4) is 0 Å². The van der Waals surface area contributed by atoms with Gasteiger partial charge in [-0.05, 0) is 61.4 Å². The van der Waals surface area contributed by atoms with Crippen LogP contribution in [0.25, 0.3) is 0 Å². The Hall–Kier alpha value is -3.26. The molecular weight excluding hydrogens is 513 g/mol. The normalized spacial score (nSPS) is 14.8. The van der Waals surface area contributed by atoms with E-state index in [4.69, 9.17) is 33.3 Å². The fourth-order valence-corrected chi connectivity index (χ4v) is 5.25.